The summed E-state index contributed by atoms with van der Waals surface area (Å²) in [6.45, 7) is 0. The lowest BCUT2D eigenvalue weighted by Crippen LogP contribution is -2.38. The predicted octanol–water partition coefficient (Wildman–Crippen LogP) is 1.77. The highest BCUT2D eigenvalue weighted by atomic mass is 32.2. The number of pyridine rings is 1. The predicted molar refractivity (Wildman–Crippen MR) is 95.0 cm³/mol. The summed E-state index contributed by atoms with van der Waals surface area (Å²) in [5, 5.41) is 4.89. The summed E-state index contributed by atoms with van der Waals surface area (Å²) in [5.74, 6) is 1.33. The van der Waals surface area contributed by atoms with E-state index < -0.39 is 6.04 Å². The van der Waals surface area contributed by atoms with E-state index in [-0.39, 0.29) is 5.91 Å². The number of hydrogen-bond donors (Lipinski definition) is 2. The van der Waals surface area contributed by atoms with Crippen molar-refractivity contribution >= 4 is 34.8 Å². The molecule has 1 aromatic carbocycles. The second-order valence-electron chi connectivity index (χ2n) is 4.92. The number of methoxy groups -OCH3 is 1. The lowest BCUT2D eigenvalue weighted by molar-refractivity contribution is -0.122. The number of nitrogens with two attached hydrogens (primary N) is 1. The van der Waals surface area contributed by atoms with Crippen LogP contribution in [0.1, 0.15) is 12.1 Å². The van der Waals surface area contributed by atoms with Crippen molar-refractivity contribution in [1.82, 2.24) is 10.4 Å². The van der Waals surface area contributed by atoms with E-state index in [0.29, 0.717) is 12.1 Å². The lowest BCUT2D eigenvalue weighted by Gasteiger charge is -2.08. The second-order valence-corrected chi connectivity index (χ2v) is 5.90. The number of hydrazone groups is 1. The molecule has 0 aliphatic carbocycles. The Balaban J connectivity index is 1.99. The van der Waals surface area contributed by atoms with Crippen LogP contribution in [0.5, 0.6) is 5.75 Å². The van der Waals surface area contributed by atoms with Gasteiger partial charge in [0.05, 0.1) is 30.6 Å². The molecule has 0 fully saturated rings. The molecule has 0 unspecified atom stereocenters. The second kappa shape index (κ2) is 8.50. The molecule has 0 aliphatic rings. The van der Waals surface area contributed by atoms with Crippen LogP contribution in [0.3, 0.4) is 0 Å². The Hall–Kier alpha value is -2.12. The average Bonchev–Trinajstić information content (AvgIpc) is 2.58. The van der Waals surface area contributed by atoms with Gasteiger partial charge in [-0.1, -0.05) is 6.07 Å². The molecule has 1 heterocycles. The summed E-state index contributed by atoms with van der Waals surface area (Å²) in [4.78, 5) is 16.2. The van der Waals surface area contributed by atoms with Gasteiger partial charge in [-0.25, -0.2) is 10.4 Å². The van der Waals surface area contributed by atoms with Crippen LogP contribution in [0, 0.1) is 0 Å². The largest absolute Gasteiger partial charge is 0.497 e. The van der Waals surface area contributed by atoms with Crippen LogP contribution in [0.25, 0.3) is 10.9 Å². The minimum atomic E-state index is -0.545. The van der Waals surface area contributed by atoms with Crippen LogP contribution < -0.4 is 15.9 Å². The van der Waals surface area contributed by atoms with Crippen molar-refractivity contribution in [3.8, 4) is 5.75 Å². The third-order valence-corrected chi connectivity index (χ3v) is 3.90. The van der Waals surface area contributed by atoms with Crippen molar-refractivity contribution in [3.05, 3.63) is 36.0 Å². The van der Waals surface area contributed by atoms with Gasteiger partial charge in [-0.3, -0.25) is 4.79 Å². The van der Waals surface area contributed by atoms with Crippen LogP contribution >= 0.6 is 11.8 Å². The van der Waals surface area contributed by atoms with Crippen molar-refractivity contribution in [2.75, 3.05) is 19.1 Å². The Morgan fingerprint density at radius 3 is 3.04 bits per heavy atom. The smallest absolute Gasteiger partial charge is 0.256 e. The summed E-state index contributed by atoms with van der Waals surface area (Å²) in [6.07, 6.45) is 4.10. The molecule has 1 amide bonds. The van der Waals surface area contributed by atoms with Gasteiger partial charge in [0.25, 0.3) is 5.91 Å². The molecule has 7 heteroatoms. The van der Waals surface area contributed by atoms with E-state index in [1.165, 1.54) is 6.21 Å². The number of nitrogens with zero attached hydrogens (tertiary/aromatic N) is 2. The van der Waals surface area contributed by atoms with Gasteiger partial charge in [-0.2, -0.15) is 16.9 Å². The van der Waals surface area contributed by atoms with Gasteiger partial charge in [0.2, 0.25) is 0 Å². The zero-order valence-corrected chi connectivity index (χ0v) is 14.0. The zero-order valence-electron chi connectivity index (χ0n) is 13.2. The number of hydrogen-bond acceptors (Lipinski definition) is 6. The summed E-state index contributed by atoms with van der Waals surface area (Å²) >= 11 is 1.65. The number of aromatic nitrogens is 1. The molecule has 0 aliphatic heterocycles. The zero-order chi connectivity index (χ0) is 16.7. The molecule has 23 heavy (non-hydrogen) atoms. The first-order valence-electron chi connectivity index (χ1n) is 7.16. The lowest BCUT2D eigenvalue weighted by atomic mass is 10.2. The minimum absolute atomic E-state index is 0.291. The van der Waals surface area contributed by atoms with Crippen molar-refractivity contribution in [1.29, 1.82) is 0 Å². The van der Waals surface area contributed by atoms with Crippen LogP contribution in [-0.2, 0) is 4.79 Å². The summed E-state index contributed by atoms with van der Waals surface area (Å²) < 4.78 is 5.18. The normalized spacial score (nSPS) is 12.5. The monoisotopic (exact) mass is 332 g/mol. The first-order chi connectivity index (χ1) is 11.1. The molecule has 2 rings (SSSR count). The molecular weight excluding hydrogens is 312 g/mol. The Kier molecular flexibility index (Phi) is 6.37. The number of rotatable bonds is 7. The Labute approximate surface area is 139 Å². The van der Waals surface area contributed by atoms with E-state index in [0.717, 1.165) is 22.4 Å². The number of fused-ring (bicyclic) bond motifs is 1. The topological polar surface area (TPSA) is 89.6 Å². The Morgan fingerprint density at radius 2 is 2.30 bits per heavy atom. The number of thioether (sulfide) groups is 1. The molecule has 0 spiro atoms. The molecule has 1 atom stereocenters. The molecule has 0 bridgehead atoms. The van der Waals surface area contributed by atoms with Gasteiger partial charge in [0, 0.05) is 5.39 Å². The van der Waals surface area contributed by atoms with Gasteiger partial charge < -0.3 is 10.5 Å². The van der Waals surface area contributed by atoms with E-state index in [9.17, 15) is 4.79 Å². The molecule has 2 aromatic rings. The van der Waals surface area contributed by atoms with Crippen LogP contribution in [0.15, 0.2) is 35.4 Å². The van der Waals surface area contributed by atoms with Gasteiger partial charge in [-0.15, -0.1) is 0 Å². The molecule has 6 nitrogen and oxygen atoms in total. The SMILES string of the molecule is COc1ccc2nc(/C=N\NC(=O)[C@@H](N)CCSC)ccc2c1. The molecule has 1 aromatic heterocycles. The quantitative estimate of drug-likeness (QED) is 0.596. The highest BCUT2D eigenvalue weighted by Crippen LogP contribution is 2.19. The van der Waals surface area contributed by atoms with Crippen LogP contribution in [0.2, 0.25) is 0 Å². The number of carbonyl (C=O) groups is 1. The third kappa shape index (κ3) is 4.94. The summed E-state index contributed by atoms with van der Waals surface area (Å²) in [7, 11) is 1.63. The first kappa shape index (κ1) is 17.2. The van der Waals surface area contributed by atoms with E-state index in [2.05, 4.69) is 15.5 Å². The van der Waals surface area contributed by atoms with Gasteiger partial charge in [0.1, 0.15) is 5.75 Å². The Bertz CT molecular complexity index is 706. The molecule has 122 valence electrons. The number of carbonyl (C=O) groups excluding carboxylic acids is 1. The Morgan fingerprint density at radius 1 is 1.48 bits per heavy atom. The van der Waals surface area contributed by atoms with Crippen molar-refractivity contribution in [2.24, 2.45) is 10.8 Å². The summed E-state index contributed by atoms with van der Waals surface area (Å²) in [6, 6.07) is 8.85. The molecule has 0 saturated carbocycles. The maximum absolute atomic E-state index is 11.7. The molecule has 0 radical (unpaired) electrons. The summed E-state index contributed by atoms with van der Waals surface area (Å²) in [5.41, 5.74) is 9.68. The standard InChI is InChI=1S/C16H20N4O2S/c1-22-13-5-6-15-11(9-13)3-4-12(19-15)10-18-20-16(21)14(17)7-8-23-2/h3-6,9-10,14H,7-8,17H2,1-2H3,(H,20,21)/b18-10-/t14-/m0/s1. The van der Waals surface area contributed by atoms with Crippen molar-refractivity contribution < 1.29 is 9.53 Å². The highest BCUT2D eigenvalue weighted by molar-refractivity contribution is 7.98. The van der Waals surface area contributed by atoms with Crippen molar-refractivity contribution in [2.45, 2.75) is 12.5 Å². The van der Waals surface area contributed by atoms with E-state index in [1.807, 2.05) is 36.6 Å². The van der Waals surface area contributed by atoms with Crippen molar-refractivity contribution in [3.63, 3.8) is 0 Å². The van der Waals surface area contributed by atoms with Crippen LogP contribution in [-0.4, -0.2) is 42.3 Å². The van der Waals surface area contributed by atoms with Gasteiger partial charge in [-0.05, 0) is 42.7 Å². The van der Waals surface area contributed by atoms with Crippen LogP contribution in [0.4, 0.5) is 0 Å². The maximum Gasteiger partial charge on any atom is 0.256 e. The number of benzene rings is 1. The molecule has 3 N–H and O–H groups in total. The van der Waals surface area contributed by atoms with Gasteiger partial charge >= 0.3 is 0 Å². The number of ether oxygens (including phenoxy) is 1. The van der Waals surface area contributed by atoms with E-state index in [4.69, 9.17) is 10.5 Å². The van der Waals surface area contributed by atoms with E-state index in [1.54, 1.807) is 18.9 Å². The minimum Gasteiger partial charge on any atom is -0.497 e. The number of nitrogens with one attached hydrogen (secondary N) is 1. The maximum atomic E-state index is 11.7. The van der Waals surface area contributed by atoms with E-state index >= 15 is 0 Å². The molecular formula is C16H20N4O2S. The first-order valence-corrected chi connectivity index (χ1v) is 8.55. The van der Waals surface area contributed by atoms with Gasteiger partial charge in [0.15, 0.2) is 0 Å². The molecule has 0 saturated heterocycles. The number of amides is 1. The fourth-order valence-corrected chi connectivity index (χ4v) is 2.43. The fraction of sp³-hybridized carbons (Fsp3) is 0.312. The highest BCUT2D eigenvalue weighted by Gasteiger charge is 2.11. The third-order valence-electron chi connectivity index (χ3n) is 3.26. The fourth-order valence-electron chi connectivity index (χ4n) is 1.94. The average molecular weight is 332 g/mol.